The fourth-order valence-electron chi connectivity index (χ4n) is 2.32. The highest BCUT2D eigenvalue weighted by Gasteiger charge is 2.23. The molecule has 1 rings (SSSR count). The molecular formula is C15H32N4O2S2. The zero-order chi connectivity index (χ0) is 17.0. The van der Waals surface area contributed by atoms with Gasteiger partial charge in [0.25, 0.3) is 0 Å². The molecule has 1 aliphatic rings. The largest absolute Gasteiger partial charge is 0.357 e. The number of sulfonamides is 1. The standard InChI is InChI=1S/C15H32N4O2S2/c1-3-5-6-7-8-17-15(16-4-2)18-9-14-23(20,21)19-10-12-22-13-11-19/h3-14H2,1-2H3,(H2,16,17,18). The van der Waals surface area contributed by atoms with Crippen molar-refractivity contribution in [3.63, 3.8) is 0 Å². The summed E-state index contributed by atoms with van der Waals surface area (Å²) in [7, 11) is -3.15. The summed E-state index contributed by atoms with van der Waals surface area (Å²) in [4.78, 5) is 4.50. The summed E-state index contributed by atoms with van der Waals surface area (Å²) in [6.45, 7) is 7.43. The lowest BCUT2D eigenvalue weighted by Crippen LogP contribution is -2.44. The van der Waals surface area contributed by atoms with Crippen molar-refractivity contribution in [2.24, 2.45) is 4.99 Å². The van der Waals surface area contributed by atoms with E-state index in [0.717, 1.165) is 31.0 Å². The van der Waals surface area contributed by atoms with Gasteiger partial charge in [-0.2, -0.15) is 11.8 Å². The van der Waals surface area contributed by atoms with Crippen molar-refractivity contribution in [2.45, 2.75) is 39.5 Å². The zero-order valence-corrected chi connectivity index (χ0v) is 16.1. The van der Waals surface area contributed by atoms with Crippen LogP contribution < -0.4 is 10.6 Å². The molecule has 2 N–H and O–H groups in total. The van der Waals surface area contributed by atoms with Crippen LogP contribution in [0, 0.1) is 0 Å². The number of nitrogens with one attached hydrogen (secondary N) is 2. The molecule has 0 unspecified atom stereocenters. The summed E-state index contributed by atoms with van der Waals surface area (Å²) in [5, 5.41) is 6.30. The Bertz CT molecular complexity index is 435. The first kappa shape index (κ1) is 20.6. The number of hydrogen-bond acceptors (Lipinski definition) is 4. The summed E-state index contributed by atoms with van der Waals surface area (Å²) in [6, 6.07) is 0. The predicted molar refractivity (Wildman–Crippen MR) is 101 cm³/mol. The van der Waals surface area contributed by atoms with Crippen molar-refractivity contribution in [3.8, 4) is 0 Å². The predicted octanol–water partition coefficient (Wildman–Crippen LogP) is 1.50. The van der Waals surface area contributed by atoms with Crippen LogP contribution in [0.4, 0.5) is 0 Å². The third kappa shape index (κ3) is 8.81. The van der Waals surface area contributed by atoms with E-state index in [4.69, 9.17) is 0 Å². The van der Waals surface area contributed by atoms with Gasteiger partial charge in [-0.25, -0.2) is 12.7 Å². The Kier molecular flexibility index (Phi) is 10.7. The SMILES string of the molecule is CCCCCCN=C(NCC)NCCS(=O)(=O)N1CCSCC1. The summed E-state index contributed by atoms with van der Waals surface area (Å²) in [5.74, 6) is 2.63. The van der Waals surface area contributed by atoms with Crippen molar-refractivity contribution in [1.82, 2.24) is 14.9 Å². The van der Waals surface area contributed by atoms with E-state index < -0.39 is 10.0 Å². The minimum Gasteiger partial charge on any atom is -0.357 e. The van der Waals surface area contributed by atoms with Gasteiger partial charge in [0.15, 0.2) is 5.96 Å². The molecule has 0 aromatic rings. The van der Waals surface area contributed by atoms with E-state index in [2.05, 4.69) is 22.5 Å². The Hall–Kier alpha value is -0.470. The van der Waals surface area contributed by atoms with Crippen LogP contribution in [0.25, 0.3) is 0 Å². The summed E-state index contributed by atoms with van der Waals surface area (Å²) in [5.41, 5.74) is 0. The molecule has 0 spiro atoms. The molecule has 6 nitrogen and oxygen atoms in total. The third-order valence-corrected chi connectivity index (χ3v) is 6.46. The van der Waals surface area contributed by atoms with E-state index in [1.807, 2.05) is 18.7 Å². The topological polar surface area (TPSA) is 73.8 Å². The maximum atomic E-state index is 12.3. The second-order valence-electron chi connectivity index (χ2n) is 5.58. The van der Waals surface area contributed by atoms with Crippen LogP contribution in [0.3, 0.4) is 0 Å². The second kappa shape index (κ2) is 12.0. The van der Waals surface area contributed by atoms with Crippen LogP contribution in [0.1, 0.15) is 39.5 Å². The monoisotopic (exact) mass is 364 g/mol. The van der Waals surface area contributed by atoms with Gasteiger partial charge in [-0.3, -0.25) is 4.99 Å². The second-order valence-corrected chi connectivity index (χ2v) is 8.89. The molecule has 8 heteroatoms. The highest BCUT2D eigenvalue weighted by atomic mass is 32.2. The number of guanidine groups is 1. The van der Waals surface area contributed by atoms with E-state index in [9.17, 15) is 8.42 Å². The molecule has 0 aliphatic carbocycles. The Balaban J connectivity index is 2.34. The number of thioether (sulfide) groups is 1. The van der Waals surface area contributed by atoms with Gasteiger partial charge in [0.2, 0.25) is 10.0 Å². The molecule has 1 aliphatic heterocycles. The van der Waals surface area contributed by atoms with Crippen molar-refractivity contribution in [1.29, 1.82) is 0 Å². The highest BCUT2D eigenvalue weighted by molar-refractivity contribution is 7.99. The fourth-order valence-corrected chi connectivity index (χ4v) is 4.81. The number of hydrogen-bond donors (Lipinski definition) is 2. The molecule has 23 heavy (non-hydrogen) atoms. The van der Waals surface area contributed by atoms with E-state index in [0.29, 0.717) is 25.6 Å². The van der Waals surface area contributed by atoms with Crippen molar-refractivity contribution in [3.05, 3.63) is 0 Å². The van der Waals surface area contributed by atoms with Gasteiger partial charge in [-0.05, 0) is 13.3 Å². The lowest BCUT2D eigenvalue weighted by Gasteiger charge is -2.25. The fraction of sp³-hybridized carbons (Fsp3) is 0.933. The molecule has 0 bridgehead atoms. The normalized spacial score (nSPS) is 17.2. The Morgan fingerprint density at radius 2 is 1.87 bits per heavy atom. The van der Waals surface area contributed by atoms with Gasteiger partial charge in [0.05, 0.1) is 5.75 Å². The lowest BCUT2D eigenvalue weighted by atomic mass is 10.2. The van der Waals surface area contributed by atoms with Crippen molar-refractivity contribution >= 4 is 27.7 Å². The van der Waals surface area contributed by atoms with E-state index >= 15 is 0 Å². The average Bonchev–Trinajstić information content (AvgIpc) is 2.55. The van der Waals surface area contributed by atoms with Crippen LogP contribution in [0.15, 0.2) is 4.99 Å². The first-order valence-electron chi connectivity index (χ1n) is 8.68. The Labute approximate surface area is 145 Å². The molecule has 0 radical (unpaired) electrons. The Morgan fingerprint density at radius 3 is 2.52 bits per heavy atom. The first-order valence-corrected chi connectivity index (χ1v) is 11.4. The van der Waals surface area contributed by atoms with Crippen LogP contribution >= 0.6 is 11.8 Å². The van der Waals surface area contributed by atoms with Gasteiger partial charge in [0.1, 0.15) is 0 Å². The van der Waals surface area contributed by atoms with Crippen molar-refractivity contribution < 1.29 is 8.42 Å². The van der Waals surface area contributed by atoms with Crippen LogP contribution in [-0.2, 0) is 10.0 Å². The van der Waals surface area contributed by atoms with Crippen LogP contribution in [-0.4, -0.2) is 68.7 Å². The van der Waals surface area contributed by atoms with Crippen molar-refractivity contribution in [2.75, 3.05) is 50.0 Å². The smallest absolute Gasteiger partial charge is 0.215 e. The van der Waals surface area contributed by atoms with E-state index in [-0.39, 0.29) is 5.75 Å². The Morgan fingerprint density at radius 1 is 1.13 bits per heavy atom. The summed E-state index contributed by atoms with van der Waals surface area (Å²) < 4.78 is 26.2. The highest BCUT2D eigenvalue weighted by Crippen LogP contribution is 2.12. The minimum atomic E-state index is -3.15. The molecule has 1 saturated heterocycles. The molecule has 0 aromatic heterocycles. The number of unbranched alkanes of at least 4 members (excludes halogenated alkanes) is 3. The van der Waals surface area contributed by atoms with Gasteiger partial charge >= 0.3 is 0 Å². The van der Waals surface area contributed by atoms with E-state index in [1.165, 1.54) is 19.3 Å². The van der Waals surface area contributed by atoms with Crippen LogP contribution in [0.2, 0.25) is 0 Å². The molecule has 136 valence electrons. The zero-order valence-electron chi connectivity index (χ0n) is 14.5. The summed E-state index contributed by atoms with van der Waals surface area (Å²) >= 11 is 1.81. The number of nitrogens with zero attached hydrogens (tertiary/aromatic N) is 2. The molecule has 0 saturated carbocycles. The average molecular weight is 365 g/mol. The maximum Gasteiger partial charge on any atom is 0.215 e. The number of rotatable bonds is 10. The van der Waals surface area contributed by atoms with Gasteiger partial charge in [-0.15, -0.1) is 0 Å². The maximum absolute atomic E-state index is 12.3. The third-order valence-electron chi connectivity index (χ3n) is 3.64. The van der Waals surface area contributed by atoms with E-state index in [1.54, 1.807) is 4.31 Å². The molecular weight excluding hydrogens is 332 g/mol. The molecule has 0 atom stereocenters. The first-order chi connectivity index (χ1) is 11.1. The van der Waals surface area contributed by atoms with Gasteiger partial charge < -0.3 is 10.6 Å². The molecule has 0 amide bonds. The number of aliphatic imine (C=N–C) groups is 1. The van der Waals surface area contributed by atoms with Crippen LogP contribution in [0.5, 0.6) is 0 Å². The van der Waals surface area contributed by atoms with Gasteiger partial charge in [-0.1, -0.05) is 26.2 Å². The minimum absolute atomic E-state index is 0.123. The van der Waals surface area contributed by atoms with Gasteiger partial charge in [0, 0.05) is 44.2 Å². The quantitative estimate of drug-likeness (QED) is 0.349. The molecule has 0 aromatic carbocycles. The summed E-state index contributed by atoms with van der Waals surface area (Å²) in [6.07, 6.45) is 4.73. The molecule has 1 heterocycles. The molecule has 1 fully saturated rings. The lowest BCUT2D eigenvalue weighted by molar-refractivity contribution is 0.443.